The molecule has 11 heavy (non-hydrogen) atoms. The Morgan fingerprint density at radius 2 is 1.36 bits per heavy atom. The van der Waals surface area contributed by atoms with Crippen molar-refractivity contribution in [2.75, 3.05) is 0 Å². The molecule has 0 heterocycles. The summed E-state index contributed by atoms with van der Waals surface area (Å²) in [4.78, 5) is 0. The molecule has 0 radical (unpaired) electrons. The van der Waals surface area contributed by atoms with Gasteiger partial charge in [-0.15, -0.1) is 6.10 Å². The maximum absolute atomic E-state index is 11.9. The van der Waals surface area contributed by atoms with Crippen LogP contribution in [0.5, 0.6) is 0 Å². The third-order valence-electron chi connectivity index (χ3n) is 3.06. The highest BCUT2D eigenvalue weighted by molar-refractivity contribution is 4.92. The fourth-order valence-corrected chi connectivity index (χ4v) is 2.32. The first kappa shape index (κ1) is 9.05. The van der Waals surface area contributed by atoms with Crippen molar-refractivity contribution in [1.29, 1.82) is 0 Å². The van der Waals surface area contributed by atoms with E-state index in [4.69, 9.17) is 0 Å². The lowest BCUT2D eigenvalue weighted by Gasteiger charge is -2.54. The molecule has 0 aromatic carbocycles. The predicted octanol–water partition coefficient (Wildman–Crippen LogP) is 1.95. The van der Waals surface area contributed by atoms with Crippen molar-refractivity contribution in [2.24, 2.45) is 10.8 Å². The van der Waals surface area contributed by atoms with E-state index in [1.54, 1.807) is 0 Å². The lowest BCUT2D eigenvalue weighted by molar-refractivity contribution is -0.476. The first-order valence-electron chi connectivity index (χ1n) is 4.52. The van der Waals surface area contributed by atoms with Crippen LogP contribution >= 0.6 is 0 Å². The summed E-state index contributed by atoms with van der Waals surface area (Å²) >= 11 is 0. The summed E-state index contributed by atoms with van der Waals surface area (Å²) in [5, 5.41) is 11.9. The average Bonchev–Trinajstić information content (AvgIpc) is 1.82. The highest BCUT2D eigenvalue weighted by Crippen LogP contribution is 2.44. The van der Waals surface area contributed by atoms with Crippen LogP contribution in [0.1, 0.15) is 47.0 Å². The van der Waals surface area contributed by atoms with Crippen LogP contribution < -0.4 is 5.11 Å². The van der Waals surface area contributed by atoms with Gasteiger partial charge in [-0.1, -0.05) is 34.1 Å². The zero-order valence-electron chi connectivity index (χ0n) is 8.11. The SMILES string of the molecule is CC1(C)CCCC(C)(C)C1[O-]. The second kappa shape index (κ2) is 2.48. The topological polar surface area (TPSA) is 23.1 Å². The molecule has 0 aliphatic heterocycles. The Hall–Kier alpha value is -0.0400. The van der Waals surface area contributed by atoms with E-state index in [1.165, 1.54) is 6.42 Å². The van der Waals surface area contributed by atoms with Crippen LogP contribution in [-0.2, 0) is 0 Å². The van der Waals surface area contributed by atoms with E-state index < -0.39 is 0 Å². The van der Waals surface area contributed by atoms with E-state index in [-0.39, 0.29) is 16.9 Å². The minimum absolute atomic E-state index is 0.0156. The van der Waals surface area contributed by atoms with Gasteiger partial charge in [0.25, 0.3) is 0 Å². The van der Waals surface area contributed by atoms with Crippen LogP contribution in [-0.4, -0.2) is 6.10 Å². The Bertz CT molecular complexity index is 131. The first-order chi connectivity index (χ1) is 4.86. The molecule has 66 valence electrons. The third kappa shape index (κ3) is 1.58. The summed E-state index contributed by atoms with van der Waals surface area (Å²) in [5.41, 5.74) is 0.0312. The molecule has 1 nitrogen and oxygen atoms in total. The molecule has 0 unspecified atom stereocenters. The minimum atomic E-state index is -0.385. The van der Waals surface area contributed by atoms with Gasteiger partial charge in [0.1, 0.15) is 0 Å². The van der Waals surface area contributed by atoms with Crippen molar-refractivity contribution in [3.8, 4) is 0 Å². The molecule has 1 fully saturated rings. The molecule has 0 atom stereocenters. The van der Waals surface area contributed by atoms with Gasteiger partial charge < -0.3 is 5.11 Å². The van der Waals surface area contributed by atoms with Gasteiger partial charge in [-0.2, -0.15) is 0 Å². The lowest BCUT2D eigenvalue weighted by Crippen LogP contribution is -2.53. The third-order valence-corrected chi connectivity index (χ3v) is 3.06. The van der Waals surface area contributed by atoms with Crippen molar-refractivity contribution < 1.29 is 5.11 Å². The van der Waals surface area contributed by atoms with E-state index in [0.29, 0.717) is 0 Å². The molecule has 0 bridgehead atoms. The highest BCUT2D eigenvalue weighted by atomic mass is 16.3. The quantitative estimate of drug-likeness (QED) is 0.524. The lowest BCUT2D eigenvalue weighted by atomic mass is 9.63. The van der Waals surface area contributed by atoms with Crippen LogP contribution in [0.4, 0.5) is 0 Å². The number of hydrogen-bond donors (Lipinski definition) is 0. The molecule has 0 aromatic rings. The van der Waals surface area contributed by atoms with Gasteiger partial charge in [0.2, 0.25) is 0 Å². The Labute approximate surface area is 69.8 Å². The Kier molecular flexibility index (Phi) is 2.04. The molecule has 0 spiro atoms. The normalized spacial score (nSPS) is 30.3. The summed E-state index contributed by atoms with van der Waals surface area (Å²) in [5.74, 6) is 0. The van der Waals surface area contributed by atoms with E-state index in [0.717, 1.165) is 12.8 Å². The van der Waals surface area contributed by atoms with Crippen molar-refractivity contribution in [3.05, 3.63) is 0 Å². The summed E-state index contributed by atoms with van der Waals surface area (Å²) in [6, 6.07) is 0. The fourth-order valence-electron chi connectivity index (χ4n) is 2.32. The van der Waals surface area contributed by atoms with Crippen molar-refractivity contribution in [2.45, 2.75) is 53.1 Å². The van der Waals surface area contributed by atoms with E-state index in [1.807, 2.05) is 0 Å². The molecule has 1 heteroatoms. The van der Waals surface area contributed by atoms with Gasteiger partial charge in [0, 0.05) is 0 Å². The van der Waals surface area contributed by atoms with Crippen LogP contribution in [0.25, 0.3) is 0 Å². The molecule has 1 saturated carbocycles. The monoisotopic (exact) mass is 155 g/mol. The van der Waals surface area contributed by atoms with Crippen LogP contribution in [0, 0.1) is 10.8 Å². The highest BCUT2D eigenvalue weighted by Gasteiger charge is 2.36. The Morgan fingerprint density at radius 1 is 1.00 bits per heavy atom. The van der Waals surface area contributed by atoms with Crippen LogP contribution in [0.15, 0.2) is 0 Å². The van der Waals surface area contributed by atoms with Gasteiger partial charge in [-0.3, -0.25) is 0 Å². The molecule has 1 rings (SSSR count). The van der Waals surface area contributed by atoms with E-state index in [2.05, 4.69) is 27.7 Å². The Morgan fingerprint density at radius 3 is 1.64 bits per heavy atom. The zero-order chi connectivity index (χ0) is 8.70. The molecule has 1 aliphatic carbocycles. The minimum Gasteiger partial charge on any atom is -0.851 e. The van der Waals surface area contributed by atoms with Gasteiger partial charge in [-0.05, 0) is 23.7 Å². The zero-order valence-corrected chi connectivity index (χ0v) is 8.11. The Balaban J connectivity index is 2.76. The smallest absolute Gasteiger partial charge is 0.0474 e. The second-order valence-corrected chi connectivity index (χ2v) is 5.21. The molecule has 0 saturated heterocycles. The largest absolute Gasteiger partial charge is 0.851 e. The molecule has 0 amide bonds. The second-order valence-electron chi connectivity index (χ2n) is 5.21. The number of rotatable bonds is 0. The van der Waals surface area contributed by atoms with Gasteiger partial charge in [-0.25, -0.2) is 0 Å². The number of hydrogen-bond acceptors (Lipinski definition) is 1. The van der Waals surface area contributed by atoms with Crippen LogP contribution in [0.2, 0.25) is 0 Å². The average molecular weight is 155 g/mol. The molecule has 1 aliphatic rings. The maximum atomic E-state index is 11.9. The summed E-state index contributed by atoms with van der Waals surface area (Å²) < 4.78 is 0. The standard InChI is InChI=1S/C10H19O/c1-9(2)6-5-7-10(3,4)8(9)11/h8H,5-7H2,1-4H3/q-1. The van der Waals surface area contributed by atoms with Crippen LogP contribution in [0.3, 0.4) is 0 Å². The van der Waals surface area contributed by atoms with Gasteiger partial charge in [0.05, 0.1) is 0 Å². The fraction of sp³-hybridized carbons (Fsp3) is 1.00. The first-order valence-corrected chi connectivity index (χ1v) is 4.52. The summed E-state index contributed by atoms with van der Waals surface area (Å²) in [6.45, 7) is 8.41. The van der Waals surface area contributed by atoms with Crippen molar-refractivity contribution in [3.63, 3.8) is 0 Å². The van der Waals surface area contributed by atoms with Crippen molar-refractivity contribution in [1.82, 2.24) is 0 Å². The molecular formula is C10H19O-. The molecular weight excluding hydrogens is 136 g/mol. The van der Waals surface area contributed by atoms with Crippen molar-refractivity contribution >= 4 is 0 Å². The van der Waals surface area contributed by atoms with E-state index in [9.17, 15) is 5.11 Å². The molecule has 0 aromatic heterocycles. The summed E-state index contributed by atoms with van der Waals surface area (Å²) in [6.07, 6.45) is 3.04. The predicted molar refractivity (Wildman–Crippen MR) is 45.2 cm³/mol. The molecule has 0 N–H and O–H groups in total. The van der Waals surface area contributed by atoms with Gasteiger partial charge in [0.15, 0.2) is 0 Å². The van der Waals surface area contributed by atoms with E-state index >= 15 is 0 Å². The van der Waals surface area contributed by atoms with Gasteiger partial charge >= 0.3 is 0 Å². The summed E-state index contributed by atoms with van der Waals surface area (Å²) in [7, 11) is 0. The maximum Gasteiger partial charge on any atom is -0.0474 e.